The summed E-state index contributed by atoms with van der Waals surface area (Å²) in [5.41, 5.74) is 2.80. The van der Waals surface area contributed by atoms with E-state index in [0.29, 0.717) is 6.54 Å². The molecule has 1 saturated heterocycles. The molecular formula is C23H25F2N3O2. The molecule has 1 fully saturated rings. The second-order valence-corrected chi connectivity index (χ2v) is 7.54. The molecule has 30 heavy (non-hydrogen) atoms. The lowest BCUT2D eigenvalue weighted by atomic mass is 9.87. The highest BCUT2D eigenvalue weighted by Crippen LogP contribution is 2.40. The fraction of sp³-hybridized carbons (Fsp3) is 0.348. The van der Waals surface area contributed by atoms with Gasteiger partial charge in [0.1, 0.15) is 17.2 Å². The predicted molar refractivity (Wildman–Crippen MR) is 110 cm³/mol. The minimum Gasteiger partial charge on any atom is -0.497 e. The molecule has 7 heteroatoms. The van der Waals surface area contributed by atoms with E-state index in [4.69, 9.17) is 9.47 Å². The zero-order valence-electron chi connectivity index (χ0n) is 17.0. The standard InChI is InChI=1S/C23H25F2N3O2/c1-29-17-9-8-16(22(10-17)30-2)12-28-13-18(15-6-4-3-5-7-15)19(14-28)20-11-21(23(24)25)27-26-20/h3-11,18-19,23H,12-14H2,1-2H3,(H,26,27)/t18-,19+/m0/s1. The first-order valence-electron chi connectivity index (χ1n) is 9.90. The number of methoxy groups -OCH3 is 2. The Balaban J connectivity index is 1.60. The van der Waals surface area contributed by atoms with Crippen molar-refractivity contribution in [2.24, 2.45) is 0 Å². The van der Waals surface area contributed by atoms with Crippen molar-refractivity contribution >= 4 is 0 Å². The van der Waals surface area contributed by atoms with Gasteiger partial charge < -0.3 is 9.47 Å². The number of benzene rings is 2. The van der Waals surface area contributed by atoms with Crippen LogP contribution in [0.2, 0.25) is 0 Å². The van der Waals surface area contributed by atoms with E-state index in [1.54, 1.807) is 14.2 Å². The maximum atomic E-state index is 13.1. The van der Waals surface area contributed by atoms with Crippen molar-refractivity contribution in [3.05, 3.63) is 77.1 Å². The lowest BCUT2D eigenvalue weighted by Gasteiger charge is -2.18. The summed E-state index contributed by atoms with van der Waals surface area (Å²) in [6.45, 7) is 2.25. The van der Waals surface area contributed by atoms with E-state index in [-0.39, 0.29) is 17.5 Å². The third-order valence-electron chi connectivity index (χ3n) is 5.75. The summed E-state index contributed by atoms with van der Waals surface area (Å²) in [6.07, 6.45) is -2.58. The molecule has 2 atom stereocenters. The predicted octanol–water partition coefficient (Wildman–Crippen LogP) is 4.75. The van der Waals surface area contributed by atoms with E-state index in [1.807, 2.05) is 36.4 Å². The van der Waals surface area contributed by atoms with Gasteiger partial charge in [-0.1, -0.05) is 36.4 Å². The smallest absolute Gasteiger partial charge is 0.282 e. The molecule has 1 aromatic heterocycles. The molecule has 1 aliphatic rings. The molecule has 3 aromatic rings. The summed E-state index contributed by atoms with van der Waals surface area (Å²) in [7, 11) is 3.27. The molecule has 5 nitrogen and oxygen atoms in total. The van der Waals surface area contributed by atoms with E-state index in [9.17, 15) is 8.78 Å². The van der Waals surface area contributed by atoms with Crippen molar-refractivity contribution in [2.75, 3.05) is 27.3 Å². The van der Waals surface area contributed by atoms with Crippen molar-refractivity contribution in [3.63, 3.8) is 0 Å². The first kappa shape index (κ1) is 20.3. The number of nitrogens with one attached hydrogen (secondary N) is 1. The Morgan fingerprint density at radius 3 is 2.47 bits per heavy atom. The summed E-state index contributed by atoms with van der Waals surface area (Å²) in [5.74, 6) is 1.75. The molecule has 0 amide bonds. The molecule has 0 spiro atoms. The molecule has 1 aliphatic heterocycles. The average molecular weight is 413 g/mol. The van der Waals surface area contributed by atoms with Crippen LogP contribution in [0.25, 0.3) is 0 Å². The fourth-order valence-corrected chi connectivity index (χ4v) is 4.25. The number of hydrogen-bond donors (Lipinski definition) is 1. The number of likely N-dealkylation sites (tertiary alicyclic amines) is 1. The Labute approximate surface area is 174 Å². The molecule has 2 heterocycles. The molecule has 0 saturated carbocycles. The third-order valence-corrected chi connectivity index (χ3v) is 5.75. The Morgan fingerprint density at radius 2 is 1.80 bits per heavy atom. The van der Waals surface area contributed by atoms with Gasteiger partial charge in [-0.05, 0) is 17.7 Å². The Bertz CT molecular complexity index is 978. The first-order chi connectivity index (χ1) is 14.6. The monoisotopic (exact) mass is 413 g/mol. The molecular weight excluding hydrogens is 388 g/mol. The Kier molecular flexibility index (Phi) is 5.99. The largest absolute Gasteiger partial charge is 0.497 e. The Hall–Kier alpha value is -2.93. The highest BCUT2D eigenvalue weighted by molar-refractivity contribution is 5.41. The van der Waals surface area contributed by atoms with Crippen LogP contribution < -0.4 is 9.47 Å². The van der Waals surface area contributed by atoms with Crippen molar-refractivity contribution in [1.29, 1.82) is 0 Å². The van der Waals surface area contributed by atoms with Crippen molar-refractivity contribution < 1.29 is 18.3 Å². The van der Waals surface area contributed by atoms with Gasteiger partial charge in [0.25, 0.3) is 6.43 Å². The topological polar surface area (TPSA) is 50.4 Å². The number of nitrogens with zero attached hydrogens (tertiary/aromatic N) is 2. The van der Waals surface area contributed by atoms with Crippen LogP contribution in [0.1, 0.15) is 40.8 Å². The molecule has 4 rings (SSSR count). The van der Waals surface area contributed by atoms with Gasteiger partial charge >= 0.3 is 0 Å². The van der Waals surface area contributed by atoms with Gasteiger partial charge in [-0.15, -0.1) is 0 Å². The lowest BCUT2D eigenvalue weighted by Crippen LogP contribution is -2.20. The van der Waals surface area contributed by atoms with E-state index >= 15 is 0 Å². The highest BCUT2D eigenvalue weighted by atomic mass is 19.3. The van der Waals surface area contributed by atoms with Crippen LogP contribution in [0.4, 0.5) is 8.78 Å². The zero-order chi connectivity index (χ0) is 21.1. The van der Waals surface area contributed by atoms with Crippen molar-refractivity contribution in [1.82, 2.24) is 15.1 Å². The quantitative estimate of drug-likeness (QED) is 0.608. The van der Waals surface area contributed by atoms with Crippen molar-refractivity contribution in [3.8, 4) is 11.5 Å². The van der Waals surface area contributed by atoms with Gasteiger partial charge in [-0.2, -0.15) is 5.10 Å². The van der Waals surface area contributed by atoms with E-state index in [0.717, 1.165) is 35.8 Å². The van der Waals surface area contributed by atoms with Gasteiger partial charge in [0.15, 0.2) is 0 Å². The van der Waals surface area contributed by atoms with E-state index < -0.39 is 6.43 Å². The molecule has 158 valence electrons. The van der Waals surface area contributed by atoms with Crippen molar-refractivity contribution in [2.45, 2.75) is 24.8 Å². The molecule has 0 radical (unpaired) electrons. The van der Waals surface area contributed by atoms with Gasteiger partial charge in [0.05, 0.1) is 14.2 Å². The number of hydrogen-bond acceptors (Lipinski definition) is 4. The zero-order valence-corrected chi connectivity index (χ0v) is 17.0. The van der Waals surface area contributed by atoms with Gasteiger partial charge in [0, 0.05) is 48.8 Å². The lowest BCUT2D eigenvalue weighted by molar-refractivity contribution is 0.146. The van der Waals surface area contributed by atoms with Gasteiger partial charge in [-0.25, -0.2) is 8.78 Å². The average Bonchev–Trinajstić information content (AvgIpc) is 3.42. The third kappa shape index (κ3) is 4.16. The summed E-state index contributed by atoms with van der Waals surface area (Å²) < 4.78 is 37.0. The normalized spacial score (nSPS) is 19.4. The second kappa shape index (κ2) is 8.83. The van der Waals surface area contributed by atoms with Crippen LogP contribution in [0.3, 0.4) is 0 Å². The first-order valence-corrected chi connectivity index (χ1v) is 9.90. The number of ether oxygens (including phenoxy) is 2. The van der Waals surface area contributed by atoms with E-state index in [2.05, 4.69) is 27.2 Å². The van der Waals surface area contributed by atoms with E-state index in [1.165, 1.54) is 11.6 Å². The van der Waals surface area contributed by atoms with Crippen LogP contribution in [0, 0.1) is 0 Å². The number of halogens is 2. The molecule has 0 unspecified atom stereocenters. The second-order valence-electron chi connectivity index (χ2n) is 7.54. The molecule has 2 aromatic carbocycles. The SMILES string of the molecule is COc1ccc(CN2C[C@@H](c3ccccc3)[C@H](c3cc(C(F)F)n[nH]3)C2)c(OC)c1. The maximum absolute atomic E-state index is 13.1. The minimum atomic E-state index is -2.58. The summed E-state index contributed by atoms with van der Waals surface area (Å²) in [4.78, 5) is 2.33. The maximum Gasteiger partial charge on any atom is 0.282 e. The van der Waals surface area contributed by atoms with Crippen LogP contribution in [-0.4, -0.2) is 42.4 Å². The summed E-state index contributed by atoms with van der Waals surface area (Å²) >= 11 is 0. The number of H-pyrrole nitrogens is 1. The minimum absolute atomic E-state index is 0.0524. The Morgan fingerprint density at radius 1 is 1.03 bits per heavy atom. The molecule has 1 N–H and O–H groups in total. The van der Waals surface area contributed by atoms with Crippen LogP contribution in [-0.2, 0) is 6.54 Å². The summed E-state index contributed by atoms with van der Waals surface area (Å²) in [5, 5.41) is 6.67. The van der Waals surface area contributed by atoms with Gasteiger partial charge in [-0.3, -0.25) is 10.00 Å². The fourth-order valence-electron chi connectivity index (χ4n) is 4.25. The highest BCUT2D eigenvalue weighted by Gasteiger charge is 2.36. The van der Waals surface area contributed by atoms with Crippen LogP contribution >= 0.6 is 0 Å². The number of aromatic nitrogens is 2. The molecule has 0 bridgehead atoms. The van der Waals surface area contributed by atoms with Crippen LogP contribution in [0.15, 0.2) is 54.6 Å². The number of aromatic amines is 1. The number of alkyl halides is 2. The number of rotatable bonds is 7. The molecule has 0 aliphatic carbocycles. The van der Waals surface area contributed by atoms with Gasteiger partial charge in [0.2, 0.25) is 0 Å². The van der Waals surface area contributed by atoms with Crippen LogP contribution in [0.5, 0.6) is 11.5 Å². The summed E-state index contributed by atoms with van der Waals surface area (Å²) in [6, 6.07) is 17.5.